The third-order valence-electron chi connectivity index (χ3n) is 3.27. The molecular formula is C11H22N4O2. The van der Waals surface area contributed by atoms with Gasteiger partial charge in [-0.3, -0.25) is 15.0 Å². The minimum atomic E-state index is -0.469. The molecule has 17 heavy (non-hydrogen) atoms. The summed E-state index contributed by atoms with van der Waals surface area (Å²) in [6.07, 6.45) is 3.24. The van der Waals surface area contributed by atoms with Gasteiger partial charge in [0.1, 0.15) is 0 Å². The van der Waals surface area contributed by atoms with Crippen molar-refractivity contribution in [1.82, 2.24) is 15.5 Å². The fraction of sp³-hybridized carbons (Fsp3) is 0.818. The molecule has 6 heteroatoms. The van der Waals surface area contributed by atoms with Crippen LogP contribution in [-0.2, 0) is 4.79 Å². The second kappa shape index (κ2) is 6.56. The number of hydrogen-bond donors (Lipinski definition) is 3. The Labute approximate surface area is 102 Å². The SMILES string of the molecule is CNC(=O)NC(=O)CN1C(C)CCCC1CN. The first kappa shape index (κ1) is 13.9. The molecule has 0 aromatic carbocycles. The Balaban J connectivity index is 2.51. The minimum Gasteiger partial charge on any atom is -0.341 e. The molecule has 4 N–H and O–H groups in total. The third-order valence-corrected chi connectivity index (χ3v) is 3.27. The van der Waals surface area contributed by atoms with E-state index in [-0.39, 0.29) is 18.5 Å². The second-order valence-electron chi connectivity index (χ2n) is 4.47. The first-order valence-corrected chi connectivity index (χ1v) is 6.05. The van der Waals surface area contributed by atoms with Gasteiger partial charge in [0.2, 0.25) is 5.91 Å². The molecule has 0 radical (unpaired) electrons. The van der Waals surface area contributed by atoms with E-state index in [1.165, 1.54) is 7.05 Å². The van der Waals surface area contributed by atoms with E-state index in [1.54, 1.807) is 0 Å². The molecule has 0 aromatic heterocycles. The van der Waals surface area contributed by atoms with Crippen LogP contribution in [0.5, 0.6) is 0 Å². The highest BCUT2D eigenvalue weighted by atomic mass is 16.2. The highest BCUT2D eigenvalue weighted by Crippen LogP contribution is 2.21. The maximum atomic E-state index is 11.6. The number of rotatable bonds is 3. The van der Waals surface area contributed by atoms with Gasteiger partial charge in [-0.25, -0.2) is 4.79 Å². The topological polar surface area (TPSA) is 87.5 Å². The van der Waals surface area contributed by atoms with Crippen molar-refractivity contribution in [2.75, 3.05) is 20.1 Å². The lowest BCUT2D eigenvalue weighted by molar-refractivity contribution is -0.122. The Morgan fingerprint density at radius 1 is 1.41 bits per heavy atom. The Morgan fingerprint density at radius 3 is 2.71 bits per heavy atom. The summed E-state index contributed by atoms with van der Waals surface area (Å²) in [5.74, 6) is -0.281. The number of piperidine rings is 1. The summed E-state index contributed by atoms with van der Waals surface area (Å²) in [5, 5.41) is 4.63. The average molecular weight is 242 g/mol. The number of imide groups is 1. The Bertz CT molecular complexity index is 283. The zero-order chi connectivity index (χ0) is 12.8. The molecule has 0 aromatic rings. The van der Waals surface area contributed by atoms with Gasteiger partial charge in [-0.15, -0.1) is 0 Å². The molecule has 2 unspecified atom stereocenters. The van der Waals surface area contributed by atoms with Crippen molar-refractivity contribution in [1.29, 1.82) is 0 Å². The van der Waals surface area contributed by atoms with Gasteiger partial charge in [0.05, 0.1) is 6.54 Å². The van der Waals surface area contributed by atoms with Crippen molar-refractivity contribution in [2.45, 2.75) is 38.3 Å². The first-order valence-electron chi connectivity index (χ1n) is 6.05. The number of carbonyl (C=O) groups excluding carboxylic acids is 2. The van der Waals surface area contributed by atoms with E-state index in [4.69, 9.17) is 5.73 Å². The highest BCUT2D eigenvalue weighted by Gasteiger charge is 2.28. The molecule has 0 aliphatic carbocycles. The van der Waals surface area contributed by atoms with E-state index >= 15 is 0 Å². The lowest BCUT2D eigenvalue weighted by Gasteiger charge is -2.39. The van der Waals surface area contributed by atoms with Crippen molar-refractivity contribution >= 4 is 11.9 Å². The Kier molecular flexibility index (Phi) is 5.37. The Hall–Kier alpha value is -1.14. The van der Waals surface area contributed by atoms with Gasteiger partial charge in [-0.05, 0) is 19.8 Å². The van der Waals surface area contributed by atoms with Gasteiger partial charge >= 0.3 is 6.03 Å². The largest absolute Gasteiger partial charge is 0.341 e. The lowest BCUT2D eigenvalue weighted by atomic mass is 9.96. The monoisotopic (exact) mass is 242 g/mol. The molecule has 1 fully saturated rings. The van der Waals surface area contributed by atoms with E-state index in [9.17, 15) is 9.59 Å². The van der Waals surface area contributed by atoms with Crippen molar-refractivity contribution < 1.29 is 9.59 Å². The molecule has 3 amide bonds. The van der Waals surface area contributed by atoms with Crippen LogP contribution in [-0.4, -0.2) is 49.1 Å². The molecule has 0 bridgehead atoms. The van der Waals surface area contributed by atoms with E-state index < -0.39 is 6.03 Å². The molecular weight excluding hydrogens is 220 g/mol. The van der Waals surface area contributed by atoms with Crippen molar-refractivity contribution in [3.8, 4) is 0 Å². The van der Waals surface area contributed by atoms with Gasteiger partial charge in [0.25, 0.3) is 0 Å². The predicted octanol–water partition coefficient (Wildman–Crippen LogP) is -0.356. The molecule has 0 spiro atoms. The summed E-state index contributed by atoms with van der Waals surface area (Å²) in [6.45, 7) is 2.88. The molecule has 0 saturated carbocycles. The number of nitrogens with two attached hydrogens (primary N) is 1. The highest BCUT2D eigenvalue weighted by molar-refractivity contribution is 5.95. The average Bonchev–Trinajstić information content (AvgIpc) is 2.31. The number of hydrogen-bond acceptors (Lipinski definition) is 4. The van der Waals surface area contributed by atoms with Crippen LogP contribution >= 0.6 is 0 Å². The van der Waals surface area contributed by atoms with E-state index in [0.29, 0.717) is 12.6 Å². The second-order valence-corrected chi connectivity index (χ2v) is 4.47. The van der Waals surface area contributed by atoms with Gasteiger partial charge in [0.15, 0.2) is 0 Å². The molecule has 2 atom stereocenters. The molecule has 6 nitrogen and oxygen atoms in total. The van der Waals surface area contributed by atoms with Crippen LogP contribution in [0, 0.1) is 0 Å². The smallest absolute Gasteiger partial charge is 0.321 e. The normalized spacial score (nSPS) is 25.4. The maximum Gasteiger partial charge on any atom is 0.321 e. The van der Waals surface area contributed by atoms with Gasteiger partial charge in [0, 0.05) is 25.7 Å². The molecule has 98 valence electrons. The quantitative estimate of drug-likeness (QED) is 0.631. The summed E-state index contributed by atoms with van der Waals surface area (Å²) in [7, 11) is 1.48. The number of nitrogens with zero attached hydrogens (tertiary/aromatic N) is 1. The van der Waals surface area contributed by atoms with Gasteiger partial charge in [-0.2, -0.15) is 0 Å². The first-order chi connectivity index (χ1) is 8.08. The summed E-state index contributed by atoms with van der Waals surface area (Å²) in [4.78, 5) is 24.7. The number of amides is 3. The van der Waals surface area contributed by atoms with Crippen LogP contribution in [0.15, 0.2) is 0 Å². The third kappa shape index (κ3) is 3.98. The summed E-state index contributed by atoms with van der Waals surface area (Å²) < 4.78 is 0. The number of urea groups is 1. The summed E-state index contributed by atoms with van der Waals surface area (Å²) in [6, 6.07) is 0.117. The zero-order valence-corrected chi connectivity index (χ0v) is 10.5. The molecule has 1 aliphatic heterocycles. The van der Waals surface area contributed by atoms with Crippen LogP contribution in [0.1, 0.15) is 26.2 Å². The summed E-state index contributed by atoms with van der Waals surface area (Å²) in [5.41, 5.74) is 5.71. The number of nitrogens with one attached hydrogen (secondary N) is 2. The van der Waals surface area contributed by atoms with Crippen LogP contribution in [0.3, 0.4) is 0 Å². The van der Waals surface area contributed by atoms with Crippen LogP contribution in [0.2, 0.25) is 0 Å². The van der Waals surface area contributed by atoms with Crippen LogP contribution in [0.25, 0.3) is 0 Å². The maximum absolute atomic E-state index is 11.6. The van der Waals surface area contributed by atoms with Gasteiger partial charge in [-0.1, -0.05) is 6.42 Å². The van der Waals surface area contributed by atoms with Crippen molar-refractivity contribution in [3.63, 3.8) is 0 Å². The minimum absolute atomic E-state index is 0.233. The van der Waals surface area contributed by atoms with Crippen molar-refractivity contribution in [2.24, 2.45) is 5.73 Å². The molecule has 1 saturated heterocycles. The standard InChI is InChI=1S/C11H22N4O2/c1-8-4-3-5-9(6-12)15(8)7-10(16)14-11(17)13-2/h8-9H,3-7,12H2,1-2H3,(H2,13,14,16,17). The Morgan fingerprint density at radius 2 is 2.12 bits per heavy atom. The fourth-order valence-corrected chi connectivity index (χ4v) is 2.27. The summed E-state index contributed by atoms with van der Waals surface area (Å²) >= 11 is 0. The van der Waals surface area contributed by atoms with E-state index in [1.807, 2.05) is 0 Å². The molecule has 1 heterocycles. The lowest BCUT2D eigenvalue weighted by Crippen LogP contribution is -2.53. The van der Waals surface area contributed by atoms with Gasteiger partial charge < -0.3 is 11.1 Å². The zero-order valence-electron chi connectivity index (χ0n) is 10.5. The van der Waals surface area contributed by atoms with Crippen LogP contribution in [0.4, 0.5) is 4.79 Å². The van der Waals surface area contributed by atoms with Crippen molar-refractivity contribution in [3.05, 3.63) is 0 Å². The van der Waals surface area contributed by atoms with E-state index in [2.05, 4.69) is 22.5 Å². The molecule has 1 rings (SSSR count). The number of carbonyl (C=O) groups is 2. The van der Waals surface area contributed by atoms with E-state index in [0.717, 1.165) is 19.3 Å². The predicted molar refractivity (Wildman–Crippen MR) is 65.5 cm³/mol. The van der Waals surface area contributed by atoms with Crippen LogP contribution < -0.4 is 16.4 Å². The number of likely N-dealkylation sites (tertiary alicyclic amines) is 1. The molecule has 1 aliphatic rings. The fourth-order valence-electron chi connectivity index (χ4n) is 2.27.